The van der Waals surface area contributed by atoms with Gasteiger partial charge in [-0.05, 0) is 12.5 Å². The molecule has 0 saturated carbocycles. The van der Waals surface area contributed by atoms with Crippen LogP contribution in [-0.4, -0.2) is 29.6 Å². The molecule has 2 amide bonds. The lowest BCUT2D eigenvalue weighted by Crippen LogP contribution is -2.38. The Morgan fingerprint density at radius 2 is 2.06 bits per heavy atom. The van der Waals surface area contributed by atoms with Crippen molar-refractivity contribution in [2.45, 2.75) is 19.1 Å². The summed E-state index contributed by atoms with van der Waals surface area (Å²) < 4.78 is 17.4. The van der Waals surface area contributed by atoms with Crippen LogP contribution in [0.25, 0.3) is 0 Å². The highest BCUT2D eigenvalue weighted by Gasteiger charge is 2.43. The monoisotopic (exact) mass is 237 g/mol. The minimum absolute atomic E-state index is 0.492. The van der Waals surface area contributed by atoms with Crippen LogP contribution >= 0.6 is 0 Å². The molecule has 1 aromatic carbocycles. The molecule has 1 aliphatic rings. The molecule has 4 nitrogen and oxygen atoms in total. The molecule has 90 valence electrons. The number of hydrogen-bond donors (Lipinski definition) is 0. The predicted octanol–water partition coefficient (Wildman–Crippen LogP) is 2.06. The molecule has 0 aliphatic carbocycles. The maximum absolute atomic E-state index is 12.3. The van der Waals surface area contributed by atoms with Crippen LogP contribution in [0.15, 0.2) is 30.3 Å². The number of halogens is 1. The van der Waals surface area contributed by atoms with Gasteiger partial charge in [0.2, 0.25) is 0 Å². The van der Waals surface area contributed by atoms with Crippen molar-refractivity contribution in [3.63, 3.8) is 0 Å². The molecule has 1 heterocycles. The summed E-state index contributed by atoms with van der Waals surface area (Å²) >= 11 is 0. The van der Waals surface area contributed by atoms with Crippen molar-refractivity contribution >= 4 is 12.0 Å². The average Bonchev–Trinajstić information content (AvgIpc) is 2.65. The highest BCUT2D eigenvalue weighted by Crippen LogP contribution is 2.32. The van der Waals surface area contributed by atoms with E-state index >= 15 is 0 Å². The van der Waals surface area contributed by atoms with Crippen LogP contribution in [0.5, 0.6) is 0 Å². The molecule has 0 spiro atoms. The molecule has 1 aliphatic heterocycles. The van der Waals surface area contributed by atoms with Gasteiger partial charge in [0.25, 0.3) is 5.91 Å². The van der Waals surface area contributed by atoms with E-state index in [0.717, 1.165) is 10.5 Å². The van der Waals surface area contributed by atoms with E-state index in [2.05, 4.69) is 0 Å². The molecular weight excluding hydrogens is 225 g/mol. The summed E-state index contributed by atoms with van der Waals surface area (Å²) in [6.45, 7) is 0.469. The number of rotatable bonds is 2. The van der Waals surface area contributed by atoms with Crippen molar-refractivity contribution in [1.82, 2.24) is 4.90 Å². The van der Waals surface area contributed by atoms with Gasteiger partial charge in [0.15, 0.2) is 6.67 Å². The third-order valence-electron chi connectivity index (χ3n) is 2.78. The topological polar surface area (TPSA) is 46.6 Å². The Hall–Kier alpha value is -1.91. The Morgan fingerprint density at radius 1 is 1.41 bits per heavy atom. The number of ether oxygens (including phenoxy) is 1. The Balaban J connectivity index is 2.24. The number of nitrogens with zero attached hydrogens (tertiary/aromatic N) is 1. The van der Waals surface area contributed by atoms with E-state index in [0.29, 0.717) is 0 Å². The summed E-state index contributed by atoms with van der Waals surface area (Å²) in [5.41, 5.74) is 0.794. The van der Waals surface area contributed by atoms with Crippen LogP contribution < -0.4 is 0 Å². The zero-order valence-corrected chi connectivity index (χ0v) is 9.30. The molecule has 0 unspecified atom stereocenters. The minimum Gasteiger partial charge on any atom is -0.439 e. The van der Waals surface area contributed by atoms with E-state index in [1.807, 2.05) is 18.2 Å². The number of carbonyl (C=O) groups is 2. The zero-order valence-electron chi connectivity index (χ0n) is 9.30. The normalized spacial score (nSPS) is 23.6. The molecule has 1 saturated heterocycles. The van der Waals surface area contributed by atoms with Crippen molar-refractivity contribution in [2.24, 2.45) is 0 Å². The van der Waals surface area contributed by atoms with E-state index < -0.39 is 30.8 Å². The second-order valence-electron chi connectivity index (χ2n) is 3.85. The lowest BCUT2D eigenvalue weighted by molar-refractivity contribution is -0.130. The van der Waals surface area contributed by atoms with Gasteiger partial charge in [-0.25, -0.2) is 14.1 Å². The molecule has 0 aromatic heterocycles. The second-order valence-corrected chi connectivity index (χ2v) is 3.85. The van der Waals surface area contributed by atoms with E-state index in [1.54, 1.807) is 19.1 Å². The maximum Gasteiger partial charge on any atom is 0.417 e. The van der Waals surface area contributed by atoms with Gasteiger partial charge >= 0.3 is 6.09 Å². The summed E-state index contributed by atoms with van der Waals surface area (Å²) in [6, 6.07) is 8.59. The fourth-order valence-corrected chi connectivity index (χ4v) is 1.95. The maximum atomic E-state index is 12.3. The number of hydrogen-bond acceptors (Lipinski definition) is 3. The number of imide groups is 1. The number of carbonyl (C=O) groups excluding carboxylic acids is 2. The van der Waals surface area contributed by atoms with Crippen LogP contribution in [0.4, 0.5) is 9.18 Å². The smallest absolute Gasteiger partial charge is 0.417 e. The number of alkyl halides is 1. The van der Waals surface area contributed by atoms with Gasteiger partial charge in [0, 0.05) is 0 Å². The Kier molecular flexibility index (Phi) is 3.08. The van der Waals surface area contributed by atoms with E-state index in [4.69, 9.17) is 4.74 Å². The third kappa shape index (κ3) is 2.00. The van der Waals surface area contributed by atoms with Gasteiger partial charge in [-0.15, -0.1) is 0 Å². The first kappa shape index (κ1) is 11.6. The van der Waals surface area contributed by atoms with Gasteiger partial charge in [0.05, 0.1) is 6.04 Å². The van der Waals surface area contributed by atoms with Crippen LogP contribution in [0.1, 0.15) is 18.6 Å². The molecule has 0 bridgehead atoms. The Bertz CT molecular complexity index is 435. The standard InChI is InChI=1S/C12H12FNO3/c1-8-11(9-5-3-2-4-6-9)17-12(16)14(8)10(15)7-13/h2-6,8,11H,7H2,1H3/t8-,11-/m0/s1. The van der Waals surface area contributed by atoms with Crippen LogP contribution in [0.3, 0.4) is 0 Å². The van der Waals surface area contributed by atoms with Gasteiger partial charge < -0.3 is 4.74 Å². The van der Waals surface area contributed by atoms with E-state index in [1.165, 1.54) is 0 Å². The first-order valence-electron chi connectivity index (χ1n) is 5.28. The first-order chi connectivity index (χ1) is 8.15. The van der Waals surface area contributed by atoms with Crippen molar-refractivity contribution < 1.29 is 18.7 Å². The summed E-state index contributed by atoms with van der Waals surface area (Å²) in [7, 11) is 0. The highest BCUT2D eigenvalue weighted by atomic mass is 19.1. The fraction of sp³-hybridized carbons (Fsp3) is 0.333. The Labute approximate surface area is 98.0 Å². The first-order valence-corrected chi connectivity index (χ1v) is 5.28. The second kappa shape index (κ2) is 4.53. The summed E-state index contributed by atoms with van der Waals surface area (Å²) in [6.07, 6.45) is -1.31. The van der Waals surface area contributed by atoms with E-state index in [9.17, 15) is 14.0 Å². The van der Waals surface area contributed by atoms with Gasteiger partial charge in [-0.3, -0.25) is 4.79 Å². The minimum atomic E-state index is -1.19. The Morgan fingerprint density at radius 3 is 2.65 bits per heavy atom. The molecule has 2 atom stereocenters. The van der Waals surface area contributed by atoms with Gasteiger partial charge in [-0.1, -0.05) is 30.3 Å². The summed E-state index contributed by atoms with van der Waals surface area (Å²) in [4.78, 5) is 23.6. The SMILES string of the molecule is C[C@H]1[C@@H](c2ccccc2)OC(=O)N1C(=O)CF. The molecule has 1 aromatic rings. The number of benzene rings is 1. The van der Waals surface area contributed by atoms with Crippen molar-refractivity contribution in [3.05, 3.63) is 35.9 Å². The molecule has 0 N–H and O–H groups in total. The molecular formula is C12H12FNO3. The predicted molar refractivity (Wildman–Crippen MR) is 57.9 cm³/mol. The molecule has 17 heavy (non-hydrogen) atoms. The van der Waals surface area contributed by atoms with Crippen LogP contribution in [0, 0.1) is 0 Å². The highest BCUT2D eigenvalue weighted by molar-refractivity contribution is 5.94. The lowest BCUT2D eigenvalue weighted by Gasteiger charge is -2.17. The van der Waals surface area contributed by atoms with Crippen molar-refractivity contribution in [2.75, 3.05) is 6.67 Å². The van der Waals surface area contributed by atoms with Gasteiger partial charge in [0.1, 0.15) is 6.10 Å². The summed E-state index contributed by atoms with van der Waals surface area (Å²) in [5, 5.41) is 0. The average molecular weight is 237 g/mol. The van der Waals surface area contributed by atoms with E-state index in [-0.39, 0.29) is 0 Å². The number of cyclic esters (lactones) is 1. The summed E-state index contributed by atoms with van der Waals surface area (Å²) in [5.74, 6) is -0.860. The zero-order chi connectivity index (χ0) is 12.4. The molecule has 0 radical (unpaired) electrons. The lowest BCUT2D eigenvalue weighted by atomic mass is 10.0. The molecule has 5 heteroatoms. The molecule has 1 fully saturated rings. The van der Waals surface area contributed by atoms with Crippen molar-refractivity contribution in [1.29, 1.82) is 0 Å². The largest absolute Gasteiger partial charge is 0.439 e. The molecule has 2 rings (SSSR count). The fourth-order valence-electron chi connectivity index (χ4n) is 1.95. The number of amides is 2. The quantitative estimate of drug-likeness (QED) is 0.791. The van der Waals surface area contributed by atoms with Crippen LogP contribution in [0.2, 0.25) is 0 Å². The van der Waals surface area contributed by atoms with Crippen molar-refractivity contribution in [3.8, 4) is 0 Å². The van der Waals surface area contributed by atoms with Crippen LogP contribution in [-0.2, 0) is 9.53 Å². The third-order valence-corrected chi connectivity index (χ3v) is 2.78. The van der Waals surface area contributed by atoms with Gasteiger partial charge in [-0.2, -0.15) is 0 Å².